The lowest BCUT2D eigenvalue weighted by Crippen LogP contribution is -2.43. The van der Waals surface area contributed by atoms with Gasteiger partial charge in [0.15, 0.2) is 0 Å². The minimum Gasteiger partial charge on any atom is -0.396 e. The molecule has 0 aromatic rings. The highest BCUT2D eigenvalue weighted by molar-refractivity contribution is 4.80. The first-order valence-corrected chi connectivity index (χ1v) is 5.24. The molecule has 1 aliphatic heterocycles. The second-order valence-corrected chi connectivity index (χ2v) is 4.07. The molecule has 1 fully saturated rings. The van der Waals surface area contributed by atoms with E-state index < -0.39 is 0 Å². The normalized spacial score (nSPS) is 27.5. The molecule has 1 heterocycles. The lowest BCUT2D eigenvalue weighted by molar-refractivity contribution is 0.157. The van der Waals surface area contributed by atoms with Crippen molar-refractivity contribution >= 4 is 0 Å². The zero-order valence-corrected chi connectivity index (χ0v) is 8.79. The van der Waals surface area contributed by atoms with Gasteiger partial charge in [0.25, 0.3) is 0 Å². The van der Waals surface area contributed by atoms with Gasteiger partial charge >= 0.3 is 0 Å². The molecule has 0 saturated carbocycles. The number of hydrogen-bond donors (Lipinski definition) is 2. The quantitative estimate of drug-likeness (QED) is 0.663. The fourth-order valence-electron chi connectivity index (χ4n) is 2.29. The molecule has 0 spiro atoms. The van der Waals surface area contributed by atoms with E-state index >= 15 is 0 Å². The van der Waals surface area contributed by atoms with E-state index in [2.05, 4.69) is 17.3 Å². The smallest absolute Gasteiger partial charge is 0.0445 e. The van der Waals surface area contributed by atoms with Crippen LogP contribution in [0.4, 0.5) is 0 Å². The van der Waals surface area contributed by atoms with Crippen LogP contribution in [0.3, 0.4) is 0 Å². The SMILES string of the molecule is CNC(CCO)C1CCCN(C)C1. The van der Waals surface area contributed by atoms with E-state index in [4.69, 9.17) is 5.11 Å². The van der Waals surface area contributed by atoms with Crippen molar-refractivity contribution in [2.45, 2.75) is 25.3 Å². The Morgan fingerprint density at radius 3 is 2.92 bits per heavy atom. The van der Waals surface area contributed by atoms with Crippen LogP contribution in [0.25, 0.3) is 0 Å². The van der Waals surface area contributed by atoms with Crippen LogP contribution < -0.4 is 5.32 Å². The summed E-state index contributed by atoms with van der Waals surface area (Å²) in [7, 11) is 4.17. The van der Waals surface area contributed by atoms with Crippen molar-refractivity contribution in [3.05, 3.63) is 0 Å². The summed E-state index contributed by atoms with van der Waals surface area (Å²) in [6.07, 6.45) is 3.48. The van der Waals surface area contributed by atoms with Crippen molar-refractivity contribution in [3.63, 3.8) is 0 Å². The van der Waals surface area contributed by atoms with Gasteiger partial charge in [0.05, 0.1) is 0 Å². The highest BCUT2D eigenvalue weighted by atomic mass is 16.3. The third-order valence-electron chi connectivity index (χ3n) is 3.04. The largest absolute Gasteiger partial charge is 0.396 e. The van der Waals surface area contributed by atoms with E-state index in [1.165, 1.54) is 25.9 Å². The molecule has 3 nitrogen and oxygen atoms in total. The average molecular weight is 186 g/mol. The maximum Gasteiger partial charge on any atom is 0.0445 e. The minimum atomic E-state index is 0.297. The van der Waals surface area contributed by atoms with Gasteiger partial charge in [-0.05, 0) is 45.8 Å². The van der Waals surface area contributed by atoms with Crippen molar-refractivity contribution < 1.29 is 5.11 Å². The molecule has 78 valence electrons. The van der Waals surface area contributed by atoms with Crippen molar-refractivity contribution in [1.29, 1.82) is 0 Å². The number of nitrogens with one attached hydrogen (secondary N) is 1. The molecule has 2 unspecified atom stereocenters. The van der Waals surface area contributed by atoms with Crippen LogP contribution in [-0.2, 0) is 0 Å². The summed E-state index contributed by atoms with van der Waals surface area (Å²) >= 11 is 0. The van der Waals surface area contributed by atoms with Crippen molar-refractivity contribution in [3.8, 4) is 0 Å². The maximum atomic E-state index is 8.91. The Bertz CT molecular complexity index is 141. The Hall–Kier alpha value is -0.120. The van der Waals surface area contributed by atoms with Crippen LogP contribution in [0.2, 0.25) is 0 Å². The number of aliphatic hydroxyl groups excluding tert-OH is 1. The predicted molar refractivity (Wildman–Crippen MR) is 54.8 cm³/mol. The molecular formula is C10H22N2O. The van der Waals surface area contributed by atoms with Gasteiger partial charge in [0.1, 0.15) is 0 Å². The number of likely N-dealkylation sites (tertiary alicyclic amines) is 1. The van der Waals surface area contributed by atoms with Crippen LogP contribution in [0.15, 0.2) is 0 Å². The molecule has 0 radical (unpaired) electrons. The molecule has 0 amide bonds. The van der Waals surface area contributed by atoms with E-state index in [-0.39, 0.29) is 0 Å². The third kappa shape index (κ3) is 3.25. The fourth-order valence-corrected chi connectivity index (χ4v) is 2.29. The van der Waals surface area contributed by atoms with Crippen molar-refractivity contribution in [2.24, 2.45) is 5.92 Å². The van der Waals surface area contributed by atoms with E-state index in [0.717, 1.165) is 12.3 Å². The molecule has 0 aliphatic carbocycles. The van der Waals surface area contributed by atoms with E-state index in [9.17, 15) is 0 Å². The molecule has 1 saturated heterocycles. The van der Waals surface area contributed by atoms with Gasteiger partial charge in [0.2, 0.25) is 0 Å². The summed E-state index contributed by atoms with van der Waals surface area (Å²) in [5, 5.41) is 12.2. The number of aliphatic hydroxyl groups is 1. The number of piperidine rings is 1. The van der Waals surface area contributed by atoms with Gasteiger partial charge in [-0.1, -0.05) is 0 Å². The average Bonchev–Trinajstić information content (AvgIpc) is 2.14. The van der Waals surface area contributed by atoms with E-state index in [0.29, 0.717) is 12.6 Å². The molecule has 1 aliphatic rings. The van der Waals surface area contributed by atoms with Crippen molar-refractivity contribution in [2.75, 3.05) is 33.8 Å². The summed E-state index contributed by atoms with van der Waals surface area (Å²) in [6, 6.07) is 0.493. The second-order valence-electron chi connectivity index (χ2n) is 4.07. The summed E-state index contributed by atoms with van der Waals surface area (Å²) in [6.45, 7) is 2.70. The molecule has 1 rings (SSSR count). The first-order valence-electron chi connectivity index (χ1n) is 5.24. The monoisotopic (exact) mass is 186 g/mol. The zero-order valence-electron chi connectivity index (χ0n) is 8.79. The standard InChI is InChI=1S/C10H22N2O/c1-11-10(5-7-13)9-4-3-6-12(2)8-9/h9-11,13H,3-8H2,1-2H3. The van der Waals surface area contributed by atoms with Gasteiger partial charge in [-0.2, -0.15) is 0 Å². The molecule has 0 bridgehead atoms. The molecule has 3 heteroatoms. The Labute approximate surface area is 81.1 Å². The molecule has 0 aromatic heterocycles. The zero-order chi connectivity index (χ0) is 9.68. The Balaban J connectivity index is 2.37. The highest BCUT2D eigenvalue weighted by Gasteiger charge is 2.23. The third-order valence-corrected chi connectivity index (χ3v) is 3.04. The predicted octanol–water partition coefficient (Wildman–Crippen LogP) is 0.299. The van der Waals surface area contributed by atoms with Gasteiger partial charge in [0, 0.05) is 19.2 Å². The van der Waals surface area contributed by atoms with Crippen LogP contribution in [-0.4, -0.2) is 49.8 Å². The van der Waals surface area contributed by atoms with Crippen molar-refractivity contribution in [1.82, 2.24) is 10.2 Å². The van der Waals surface area contributed by atoms with Crippen LogP contribution in [0.1, 0.15) is 19.3 Å². The van der Waals surface area contributed by atoms with E-state index in [1.54, 1.807) is 0 Å². The minimum absolute atomic E-state index is 0.297. The number of rotatable bonds is 4. The maximum absolute atomic E-state index is 8.91. The van der Waals surface area contributed by atoms with Crippen LogP contribution in [0, 0.1) is 5.92 Å². The van der Waals surface area contributed by atoms with Gasteiger partial charge < -0.3 is 15.3 Å². The van der Waals surface area contributed by atoms with Gasteiger partial charge in [-0.15, -0.1) is 0 Å². The summed E-state index contributed by atoms with van der Waals surface area (Å²) in [5.74, 6) is 0.718. The topological polar surface area (TPSA) is 35.5 Å². The Kier molecular flexibility index (Phi) is 4.70. The molecule has 13 heavy (non-hydrogen) atoms. The lowest BCUT2D eigenvalue weighted by atomic mass is 9.89. The molecule has 2 atom stereocenters. The Morgan fingerprint density at radius 2 is 2.38 bits per heavy atom. The second kappa shape index (κ2) is 5.58. The first-order chi connectivity index (χ1) is 6.27. The molecule has 0 aromatic carbocycles. The lowest BCUT2D eigenvalue weighted by Gasteiger charge is -2.34. The van der Waals surface area contributed by atoms with Crippen LogP contribution in [0.5, 0.6) is 0 Å². The van der Waals surface area contributed by atoms with E-state index in [1.807, 2.05) is 7.05 Å². The van der Waals surface area contributed by atoms with Gasteiger partial charge in [-0.3, -0.25) is 0 Å². The summed E-state index contributed by atoms with van der Waals surface area (Å²) in [4.78, 5) is 2.38. The molecule has 2 N–H and O–H groups in total. The summed E-state index contributed by atoms with van der Waals surface area (Å²) < 4.78 is 0. The van der Waals surface area contributed by atoms with Crippen LogP contribution >= 0.6 is 0 Å². The first kappa shape index (κ1) is 11.0. The van der Waals surface area contributed by atoms with Gasteiger partial charge in [-0.25, -0.2) is 0 Å². The highest BCUT2D eigenvalue weighted by Crippen LogP contribution is 2.20. The fraction of sp³-hybridized carbons (Fsp3) is 1.00. The molecular weight excluding hydrogens is 164 g/mol. The Morgan fingerprint density at radius 1 is 1.62 bits per heavy atom. The number of hydrogen-bond acceptors (Lipinski definition) is 3. The summed E-state index contributed by atoms with van der Waals surface area (Å²) in [5.41, 5.74) is 0. The number of nitrogens with zero attached hydrogens (tertiary/aromatic N) is 1.